The van der Waals surface area contributed by atoms with Crippen molar-refractivity contribution in [3.63, 3.8) is 0 Å². The largest absolute Gasteiger partial charge is 0.467 e. The Morgan fingerprint density at radius 3 is 3.12 bits per heavy atom. The van der Waals surface area contributed by atoms with E-state index < -0.39 is 5.97 Å². The number of rotatable bonds is 5. The van der Waals surface area contributed by atoms with Gasteiger partial charge in [-0.1, -0.05) is 5.16 Å². The lowest BCUT2D eigenvalue weighted by Gasteiger charge is -1.97. The lowest BCUT2D eigenvalue weighted by molar-refractivity contribution is 0.0600. The highest BCUT2D eigenvalue weighted by Gasteiger charge is 2.09. The Morgan fingerprint density at radius 2 is 2.41 bits per heavy atom. The second-order valence-electron chi connectivity index (χ2n) is 3.39. The van der Waals surface area contributed by atoms with Gasteiger partial charge in [-0.2, -0.15) is 0 Å². The van der Waals surface area contributed by atoms with E-state index in [9.17, 15) is 4.79 Å². The van der Waals surface area contributed by atoms with Gasteiger partial charge in [-0.25, -0.2) is 4.79 Å². The van der Waals surface area contributed by atoms with Crippen molar-refractivity contribution in [1.82, 2.24) is 10.5 Å². The normalized spacial score (nSPS) is 10.4. The summed E-state index contributed by atoms with van der Waals surface area (Å²) in [7, 11) is 1.33. The van der Waals surface area contributed by atoms with Gasteiger partial charge >= 0.3 is 5.97 Å². The number of aromatic nitrogens is 1. The number of carbonyl (C=O) groups excluding carboxylic acids is 1. The quantitative estimate of drug-likeness (QED) is 0.789. The first-order valence-corrected chi connectivity index (χ1v) is 5.05. The number of hydrogen-bond acceptors (Lipinski definition) is 6. The lowest BCUT2D eigenvalue weighted by Crippen LogP contribution is -2.12. The molecule has 0 aliphatic rings. The number of furan rings is 1. The molecule has 0 fully saturated rings. The molecule has 90 valence electrons. The fourth-order valence-electron chi connectivity index (χ4n) is 1.34. The number of nitrogens with one attached hydrogen (secondary N) is 1. The maximum atomic E-state index is 11.2. The number of methoxy groups -OCH3 is 1. The summed E-state index contributed by atoms with van der Waals surface area (Å²) in [5.41, 5.74) is 1.22. The Kier molecular flexibility index (Phi) is 3.56. The molecule has 0 radical (unpaired) electrons. The third kappa shape index (κ3) is 2.94. The molecule has 0 saturated carbocycles. The van der Waals surface area contributed by atoms with Gasteiger partial charge in [0, 0.05) is 12.6 Å². The maximum Gasteiger partial charge on any atom is 0.341 e. The molecule has 0 atom stereocenters. The Morgan fingerprint density at radius 1 is 1.53 bits per heavy atom. The Balaban J connectivity index is 1.83. The van der Waals surface area contributed by atoms with Crippen molar-refractivity contribution >= 4 is 5.97 Å². The minimum Gasteiger partial charge on any atom is -0.467 e. The van der Waals surface area contributed by atoms with Crippen molar-refractivity contribution in [2.75, 3.05) is 7.11 Å². The van der Waals surface area contributed by atoms with Gasteiger partial charge in [-0.05, 0) is 6.07 Å². The van der Waals surface area contributed by atoms with Crippen molar-refractivity contribution in [2.45, 2.75) is 13.1 Å². The van der Waals surface area contributed by atoms with E-state index >= 15 is 0 Å². The topological polar surface area (TPSA) is 77.5 Å². The van der Waals surface area contributed by atoms with E-state index in [0.717, 1.165) is 5.69 Å². The summed E-state index contributed by atoms with van der Waals surface area (Å²) in [4.78, 5) is 11.2. The SMILES string of the molecule is COC(=O)c1coc(CNCc2ccon2)c1. The number of ether oxygens (including phenoxy) is 1. The number of carbonyl (C=O) groups is 1. The molecule has 1 N–H and O–H groups in total. The zero-order valence-electron chi connectivity index (χ0n) is 9.30. The zero-order valence-corrected chi connectivity index (χ0v) is 9.30. The first-order chi connectivity index (χ1) is 8.29. The van der Waals surface area contributed by atoms with Crippen LogP contribution in [0.4, 0.5) is 0 Å². The lowest BCUT2D eigenvalue weighted by atomic mass is 10.3. The van der Waals surface area contributed by atoms with Gasteiger partial charge in [-0.15, -0.1) is 0 Å². The summed E-state index contributed by atoms with van der Waals surface area (Å²) < 4.78 is 14.5. The number of hydrogen-bond donors (Lipinski definition) is 1. The minimum absolute atomic E-state index is 0.406. The van der Waals surface area contributed by atoms with Crippen LogP contribution in [0.3, 0.4) is 0 Å². The molecular weight excluding hydrogens is 224 g/mol. The summed E-state index contributed by atoms with van der Waals surface area (Å²) >= 11 is 0. The van der Waals surface area contributed by atoms with E-state index in [2.05, 4.69) is 15.2 Å². The number of nitrogens with zero attached hydrogens (tertiary/aromatic N) is 1. The van der Waals surface area contributed by atoms with Gasteiger partial charge in [0.2, 0.25) is 0 Å². The van der Waals surface area contributed by atoms with Gasteiger partial charge in [0.15, 0.2) is 0 Å². The average molecular weight is 236 g/mol. The van der Waals surface area contributed by atoms with Crippen LogP contribution in [-0.2, 0) is 17.8 Å². The summed E-state index contributed by atoms with van der Waals surface area (Å²) in [5, 5.41) is 6.86. The van der Waals surface area contributed by atoms with Gasteiger partial charge in [0.25, 0.3) is 0 Å². The smallest absolute Gasteiger partial charge is 0.341 e. The molecule has 6 heteroatoms. The fraction of sp³-hybridized carbons (Fsp3) is 0.273. The molecule has 0 aromatic carbocycles. The standard InChI is InChI=1S/C11H12N2O4/c1-15-11(14)8-4-10(16-7-8)6-12-5-9-2-3-17-13-9/h2-4,7,12H,5-6H2,1H3. The molecule has 17 heavy (non-hydrogen) atoms. The van der Waals surface area contributed by atoms with Crippen molar-refractivity contribution in [3.05, 3.63) is 41.7 Å². The monoisotopic (exact) mass is 236 g/mol. The molecule has 0 bridgehead atoms. The first-order valence-electron chi connectivity index (χ1n) is 5.05. The van der Waals surface area contributed by atoms with Crippen LogP contribution in [0.25, 0.3) is 0 Å². The van der Waals surface area contributed by atoms with Crippen molar-refractivity contribution in [3.8, 4) is 0 Å². The zero-order chi connectivity index (χ0) is 12.1. The summed E-state index contributed by atoms with van der Waals surface area (Å²) in [6, 6.07) is 3.41. The first kappa shape index (κ1) is 11.4. The molecule has 6 nitrogen and oxygen atoms in total. The molecule has 2 aromatic heterocycles. The van der Waals surface area contributed by atoms with E-state index in [0.29, 0.717) is 24.4 Å². The molecule has 0 spiro atoms. The average Bonchev–Trinajstić information content (AvgIpc) is 2.99. The van der Waals surface area contributed by atoms with E-state index in [-0.39, 0.29) is 0 Å². The van der Waals surface area contributed by atoms with Gasteiger partial charge < -0.3 is 19.0 Å². The number of esters is 1. The minimum atomic E-state index is -0.406. The van der Waals surface area contributed by atoms with Crippen LogP contribution in [-0.4, -0.2) is 18.2 Å². The van der Waals surface area contributed by atoms with Crippen molar-refractivity contribution in [1.29, 1.82) is 0 Å². The van der Waals surface area contributed by atoms with E-state index in [1.54, 1.807) is 12.1 Å². The molecular formula is C11H12N2O4. The van der Waals surface area contributed by atoms with Crippen LogP contribution in [0.2, 0.25) is 0 Å². The molecule has 0 amide bonds. The second kappa shape index (κ2) is 5.31. The Hall–Kier alpha value is -2.08. The summed E-state index contributed by atoms with van der Waals surface area (Å²) in [5.74, 6) is 0.255. The molecule has 0 aliphatic heterocycles. The van der Waals surface area contributed by atoms with Crippen LogP contribution >= 0.6 is 0 Å². The van der Waals surface area contributed by atoms with E-state index in [1.165, 1.54) is 19.6 Å². The highest BCUT2D eigenvalue weighted by molar-refractivity contribution is 5.88. The van der Waals surface area contributed by atoms with E-state index in [4.69, 9.17) is 8.94 Å². The molecule has 2 heterocycles. The summed E-state index contributed by atoms with van der Waals surface area (Å²) in [6.45, 7) is 1.08. The van der Waals surface area contributed by atoms with E-state index in [1.807, 2.05) is 0 Å². The highest BCUT2D eigenvalue weighted by Crippen LogP contribution is 2.08. The van der Waals surface area contributed by atoms with Crippen LogP contribution < -0.4 is 5.32 Å². The van der Waals surface area contributed by atoms with Gasteiger partial charge in [0.1, 0.15) is 18.3 Å². The summed E-state index contributed by atoms with van der Waals surface area (Å²) in [6.07, 6.45) is 2.89. The third-order valence-electron chi connectivity index (χ3n) is 2.17. The van der Waals surface area contributed by atoms with Crippen molar-refractivity contribution in [2.24, 2.45) is 0 Å². The fourth-order valence-corrected chi connectivity index (χ4v) is 1.34. The van der Waals surface area contributed by atoms with Crippen LogP contribution in [0.1, 0.15) is 21.8 Å². The van der Waals surface area contributed by atoms with Gasteiger partial charge in [-0.3, -0.25) is 0 Å². The van der Waals surface area contributed by atoms with Crippen LogP contribution in [0.5, 0.6) is 0 Å². The third-order valence-corrected chi connectivity index (χ3v) is 2.17. The Labute approximate surface area is 97.5 Å². The molecule has 0 unspecified atom stereocenters. The van der Waals surface area contributed by atoms with Gasteiger partial charge in [0.05, 0.1) is 24.9 Å². The van der Waals surface area contributed by atoms with Crippen LogP contribution in [0, 0.1) is 0 Å². The van der Waals surface area contributed by atoms with Crippen molar-refractivity contribution < 1.29 is 18.5 Å². The predicted molar refractivity (Wildman–Crippen MR) is 57.1 cm³/mol. The molecule has 2 aromatic rings. The predicted octanol–water partition coefficient (Wildman–Crippen LogP) is 1.34. The molecule has 0 aliphatic carbocycles. The second-order valence-corrected chi connectivity index (χ2v) is 3.39. The van der Waals surface area contributed by atoms with Crippen LogP contribution in [0.15, 0.2) is 33.6 Å². The maximum absolute atomic E-state index is 11.2. The molecule has 0 saturated heterocycles. The Bertz CT molecular complexity index is 475. The molecule has 2 rings (SSSR count). The highest BCUT2D eigenvalue weighted by atomic mass is 16.5.